The van der Waals surface area contributed by atoms with Gasteiger partial charge in [-0.15, -0.1) is 0 Å². The van der Waals surface area contributed by atoms with Gasteiger partial charge in [0.05, 0.1) is 17.8 Å². The van der Waals surface area contributed by atoms with Gasteiger partial charge in [-0.2, -0.15) is 0 Å². The van der Waals surface area contributed by atoms with Crippen molar-refractivity contribution >= 4 is 6.29 Å². The van der Waals surface area contributed by atoms with E-state index >= 15 is 0 Å². The minimum atomic E-state index is -0.299. The van der Waals surface area contributed by atoms with Gasteiger partial charge in [0.25, 0.3) is 0 Å². The number of nitrogens with zero attached hydrogens (tertiary/aromatic N) is 3. The second-order valence-electron chi connectivity index (χ2n) is 6.77. The van der Waals surface area contributed by atoms with E-state index in [0.717, 1.165) is 48.2 Å². The average molecular weight is 381 g/mol. The summed E-state index contributed by atoms with van der Waals surface area (Å²) in [5.74, 6) is 0.891. The summed E-state index contributed by atoms with van der Waals surface area (Å²) in [5.41, 5.74) is 4.34. The number of fused-ring (bicyclic) bond motifs is 1. The van der Waals surface area contributed by atoms with E-state index in [9.17, 15) is 9.18 Å². The summed E-state index contributed by atoms with van der Waals surface area (Å²) >= 11 is 0. The quantitative estimate of drug-likeness (QED) is 0.610. The first kappa shape index (κ1) is 18.3. The lowest BCUT2D eigenvalue weighted by Gasteiger charge is -2.26. The third kappa shape index (κ3) is 3.80. The van der Waals surface area contributed by atoms with Crippen LogP contribution in [-0.4, -0.2) is 34.4 Å². The minimum absolute atomic E-state index is 0.255. The van der Waals surface area contributed by atoms with E-state index in [4.69, 9.17) is 9.26 Å². The zero-order valence-corrected chi connectivity index (χ0v) is 15.5. The van der Waals surface area contributed by atoms with Crippen molar-refractivity contribution in [2.45, 2.75) is 26.5 Å². The van der Waals surface area contributed by atoms with Crippen LogP contribution < -0.4 is 4.74 Å². The van der Waals surface area contributed by atoms with Crippen LogP contribution in [0.5, 0.6) is 5.88 Å². The number of rotatable bonds is 6. The Hall–Kier alpha value is -3.06. The van der Waals surface area contributed by atoms with E-state index in [1.54, 1.807) is 12.1 Å². The highest BCUT2D eigenvalue weighted by Crippen LogP contribution is 2.27. The van der Waals surface area contributed by atoms with Gasteiger partial charge in [0.1, 0.15) is 30.2 Å². The van der Waals surface area contributed by atoms with Gasteiger partial charge < -0.3 is 14.1 Å². The third-order valence-electron chi connectivity index (χ3n) is 4.90. The zero-order valence-electron chi connectivity index (χ0n) is 15.5. The van der Waals surface area contributed by atoms with Crippen molar-refractivity contribution in [2.24, 2.45) is 0 Å². The molecule has 0 unspecified atom stereocenters. The lowest BCUT2D eigenvalue weighted by atomic mass is 10.1. The van der Waals surface area contributed by atoms with Gasteiger partial charge in [0.15, 0.2) is 0 Å². The number of pyridine rings is 1. The molecule has 3 aromatic rings. The summed E-state index contributed by atoms with van der Waals surface area (Å²) in [6.45, 7) is 4.05. The Morgan fingerprint density at radius 3 is 2.86 bits per heavy atom. The van der Waals surface area contributed by atoms with Gasteiger partial charge in [0, 0.05) is 31.1 Å². The Balaban J connectivity index is 1.49. The predicted molar refractivity (Wildman–Crippen MR) is 100 cm³/mol. The van der Waals surface area contributed by atoms with Gasteiger partial charge in [-0.1, -0.05) is 11.2 Å². The molecular weight excluding hydrogens is 361 g/mol. The number of benzene rings is 1. The fraction of sp³-hybridized carbons (Fsp3) is 0.286. The highest BCUT2D eigenvalue weighted by atomic mass is 19.1. The molecule has 0 radical (unpaired) electrons. The molecule has 28 heavy (non-hydrogen) atoms. The molecule has 0 bridgehead atoms. The van der Waals surface area contributed by atoms with E-state index in [1.807, 2.05) is 19.1 Å². The number of hydrogen-bond acceptors (Lipinski definition) is 6. The summed E-state index contributed by atoms with van der Waals surface area (Å²) in [5, 5.41) is 4.09. The molecule has 7 heteroatoms. The van der Waals surface area contributed by atoms with Crippen molar-refractivity contribution in [1.29, 1.82) is 0 Å². The van der Waals surface area contributed by atoms with Gasteiger partial charge >= 0.3 is 0 Å². The number of hydrogen-bond donors (Lipinski definition) is 0. The van der Waals surface area contributed by atoms with Crippen molar-refractivity contribution in [1.82, 2.24) is 15.0 Å². The van der Waals surface area contributed by atoms with Crippen LogP contribution in [0.4, 0.5) is 4.39 Å². The van der Waals surface area contributed by atoms with Crippen LogP contribution in [0.2, 0.25) is 0 Å². The predicted octanol–water partition coefficient (Wildman–Crippen LogP) is 3.32. The van der Waals surface area contributed by atoms with Crippen LogP contribution >= 0.6 is 0 Å². The lowest BCUT2D eigenvalue weighted by Crippen LogP contribution is -2.32. The molecule has 0 aliphatic carbocycles. The van der Waals surface area contributed by atoms with Gasteiger partial charge in [0.2, 0.25) is 5.88 Å². The number of aromatic nitrogens is 2. The molecule has 4 rings (SSSR count). The van der Waals surface area contributed by atoms with Crippen LogP contribution in [0.3, 0.4) is 0 Å². The summed E-state index contributed by atoms with van der Waals surface area (Å²) in [4.78, 5) is 17.4. The average Bonchev–Trinajstić information content (AvgIpc) is 3.07. The Bertz CT molecular complexity index is 985. The van der Waals surface area contributed by atoms with E-state index in [-0.39, 0.29) is 12.4 Å². The lowest BCUT2D eigenvalue weighted by molar-refractivity contribution is -0.109. The molecule has 0 amide bonds. The normalized spacial score (nSPS) is 13.9. The fourth-order valence-electron chi connectivity index (χ4n) is 3.34. The van der Waals surface area contributed by atoms with Crippen LogP contribution in [0.15, 0.2) is 40.9 Å². The second-order valence-corrected chi connectivity index (χ2v) is 6.77. The Kier molecular flexibility index (Phi) is 5.16. The van der Waals surface area contributed by atoms with Crippen molar-refractivity contribution in [3.05, 3.63) is 64.8 Å². The molecule has 1 aromatic carbocycles. The molecular formula is C21H20FN3O3. The number of carbonyl (C=O) groups is 1. The molecule has 1 aliphatic rings. The molecule has 2 aromatic heterocycles. The van der Waals surface area contributed by atoms with Crippen LogP contribution in [-0.2, 0) is 24.4 Å². The first-order valence-electron chi connectivity index (χ1n) is 9.12. The Morgan fingerprint density at radius 2 is 2.07 bits per heavy atom. The zero-order chi connectivity index (χ0) is 19.5. The van der Waals surface area contributed by atoms with Crippen LogP contribution in [0, 0.1) is 12.7 Å². The van der Waals surface area contributed by atoms with Crippen molar-refractivity contribution in [3.8, 4) is 17.1 Å². The van der Waals surface area contributed by atoms with Crippen molar-refractivity contribution in [2.75, 3.05) is 13.1 Å². The van der Waals surface area contributed by atoms with E-state index in [2.05, 4.69) is 15.0 Å². The number of aryl methyl sites for hydroxylation is 1. The SMILES string of the molecule is Cc1onc(-c2ccc(F)cc2)c1COc1ccc2c(n1)CCN(CC=O)C2. The molecule has 6 nitrogen and oxygen atoms in total. The molecule has 144 valence electrons. The first-order chi connectivity index (χ1) is 13.6. The van der Waals surface area contributed by atoms with Crippen LogP contribution in [0.25, 0.3) is 11.3 Å². The maximum Gasteiger partial charge on any atom is 0.213 e. The molecule has 3 heterocycles. The molecule has 0 fully saturated rings. The summed E-state index contributed by atoms with van der Waals surface area (Å²) in [6, 6.07) is 9.95. The number of aldehydes is 1. The maximum atomic E-state index is 13.2. The van der Waals surface area contributed by atoms with Crippen molar-refractivity contribution < 1.29 is 18.4 Å². The summed E-state index contributed by atoms with van der Waals surface area (Å²) < 4.78 is 24.4. The topological polar surface area (TPSA) is 68.5 Å². The second kappa shape index (κ2) is 7.90. The van der Waals surface area contributed by atoms with Gasteiger partial charge in [-0.05, 0) is 36.8 Å². The highest BCUT2D eigenvalue weighted by molar-refractivity contribution is 5.63. The monoisotopic (exact) mass is 381 g/mol. The molecule has 0 atom stereocenters. The summed E-state index contributed by atoms with van der Waals surface area (Å²) in [6.07, 6.45) is 1.71. The highest BCUT2D eigenvalue weighted by Gasteiger charge is 2.19. The van der Waals surface area contributed by atoms with Gasteiger partial charge in [-0.25, -0.2) is 9.37 Å². The number of carbonyl (C=O) groups excluding carboxylic acids is 1. The van der Waals surface area contributed by atoms with E-state index < -0.39 is 0 Å². The first-order valence-corrected chi connectivity index (χ1v) is 9.12. The standard InChI is InChI=1S/C21H20FN3O3/c1-14-18(21(24-28-14)15-2-5-17(22)6-3-15)13-27-20-7-4-16-12-25(10-11-26)9-8-19(16)23-20/h2-7,11H,8-10,12-13H2,1H3. The molecule has 0 saturated carbocycles. The molecule has 0 N–H and O–H groups in total. The Labute approximate surface area is 161 Å². The Morgan fingerprint density at radius 1 is 1.25 bits per heavy atom. The van der Waals surface area contributed by atoms with Gasteiger partial charge in [-0.3, -0.25) is 4.90 Å². The van der Waals surface area contributed by atoms with E-state index in [1.165, 1.54) is 12.1 Å². The number of ether oxygens (including phenoxy) is 1. The summed E-state index contributed by atoms with van der Waals surface area (Å²) in [7, 11) is 0. The minimum Gasteiger partial charge on any atom is -0.473 e. The number of halogens is 1. The molecule has 0 spiro atoms. The molecule has 1 aliphatic heterocycles. The molecule has 0 saturated heterocycles. The van der Waals surface area contributed by atoms with Crippen LogP contribution in [0.1, 0.15) is 22.6 Å². The largest absolute Gasteiger partial charge is 0.473 e. The third-order valence-corrected chi connectivity index (χ3v) is 4.90. The maximum absolute atomic E-state index is 13.2. The fourth-order valence-corrected chi connectivity index (χ4v) is 3.34. The smallest absolute Gasteiger partial charge is 0.213 e. The van der Waals surface area contributed by atoms with E-state index in [0.29, 0.717) is 23.9 Å². The van der Waals surface area contributed by atoms with Crippen molar-refractivity contribution in [3.63, 3.8) is 0 Å².